The van der Waals surface area contributed by atoms with E-state index in [1.165, 1.54) is 4.68 Å². The normalized spacial score (nSPS) is 14.1. The summed E-state index contributed by atoms with van der Waals surface area (Å²) in [6.45, 7) is 2.45. The number of hydrogen-bond donors (Lipinski definition) is 1. The van der Waals surface area contributed by atoms with Crippen molar-refractivity contribution in [2.45, 2.75) is 51.4 Å². The average molecular weight is 531 g/mol. The molecular weight excluding hydrogens is 511 g/mol. The van der Waals surface area contributed by atoms with Crippen LogP contribution in [-0.2, 0) is 24.1 Å². The molecule has 32 heavy (non-hydrogen) atoms. The summed E-state index contributed by atoms with van der Waals surface area (Å²) in [6, 6.07) is 9.14. The summed E-state index contributed by atoms with van der Waals surface area (Å²) < 4.78 is 42.7. The minimum absolute atomic E-state index is 0.0196. The van der Waals surface area contributed by atoms with Crippen molar-refractivity contribution in [3.8, 4) is 0 Å². The number of amides is 1. The van der Waals surface area contributed by atoms with Gasteiger partial charge < -0.3 is 5.32 Å². The van der Waals surface area contributed by atoms with E-state index >= 15 is 0 Å². The smallest absolute Gasteiger partial charge is 0.309 e. The van der Waals surface area contributed by atoms with Crippen LogP contribution >= 0.6 is 27.5 Å². The van der Waals surface area contributed by atoms with Crippen LogP contribution in [0.3, 0.4) is 0 Å². The SMILES string of the molecule is Cc1cc(NC(=O)CCn2nc(C(F)(F)F)c(Br)c2C2CC2)nn1Cc1ccc(Cl)cc1. The molecule has 1 saturated carbocycles. The zero-order valence-electron chi connectivity index (χ0n) is 17.1. The first-order valence-electron chi connectivity index (χ1n) is 10.0. The molecule has 1 N–H and O–H groups in total. The van der Waals surface area contributed by atoms with Gasteiger partial charge >= 0.3 is 6.18 Å². The highest BCUT2D eigenvalue weighted by Gasteiger charge is 2.41. The van der Waals surface area contributed by atoms with Crippen molar-refractivity contribution in [3.63, 3.8) is 0 Å². The van der Waals surface area contributed by atoms with Crippen molar-refractivity contribution < 1.29 is 18.0 Å². The van der Waals surface area contributed by atoms with Gasteiger partial charge in [-0.3, -0.25) is 14.2 Å². The number of carbonyl (C=O) groups is 1. The Morgan fingerprint density at radius 3 is 2.53 bits per heavy atom. The largest absolute Gasteiger partial charge is 0.436 e. The molecule has 1 aliphatic rings. The standard InChI is InChI=1S/C21H20BrClF3N5O/c1-12-10-16(28-31(12)11-13-2-6-15(23)7-3-13)27-17(32)8-9-30-19(14-4-5-14)18(22)20(29-30)21(24,25)26/h2-3,6-7,10,14H,4-5,8-9,11H2,1H3,(H,27,28,32). The number of benzene rings is 1. The zero-order chi connectivity index (χ0) is 23.0. The third-order valence-corrected chi connectivity index (χ3v) is 6.24. The van der Waals surface area contributed by atoms with Gasteiger partial charge in [-0.1, -0.05) is 23.7 Å². The van der Waals surface area contributed by atoms with Crippen LogP contribution in [0, 0.1) is 6.92 Å². The summed E-state index contributed by atoms with van der Waals surface area (Å²) in [5, 5.41) is 11.5. The van der Waals surface area contributed by atoms with E-state index in [2.05, 4.69) is 31.4 Å². The number of rotatable bonds is 7. The lowest BCUT2D eigenvalue weighted by Gasteiger charge is -2.07. The Morgan fingerprint density at radius 1 is 1.22 bits per heavy atom. The molecule has 0 atom stereocenters. The lowest BCUT2D eigenvalue weighted by molar-refractivity contribution is -0.142. The van der Waals surface area contributed by atoms with Gasteiger partial charge in [0, 0.05) is 29.1 Å². The van der Waals surface area contributed by atoms with Gasteiger partial charge in [-0.2, -0.15) is 23.4 Å². The molecule has 4 rings (SSSR count). The Kier molecular flexibility index (Phi) is 6.35. The molecule has 0 saturated heterocycles. The maximum atomic E-state index is 13.2. The second-order valence-corrected chi connectivity index (χ2v) is 9.03. The molecule has 1 amide bonds. The number of nitrogens with one attached hydrogen (secondary N) is 1. The molecule has 2 heterocycles. The first-order chi connectivity index (χ1) is 15.1. The molecule has 3 aromatic rings. The Labute approximate surface area is 195 Å². The average Bonchev–Trinajstić information content (AvgIpc) is 3.40. The number of nitrogens with zero attached hydrogens (tertiary/aromatic N) is 4. The Balaban J connectivity index is 1.40. The molecule has 1 aromatic carbocycles. The maximum Gasteiger partial charge on any atom is 0.436 e. The van der Waals surface area contributed by atoms with Gasteiger partial charge in [-0.15, -0.1) is 0 Å². The fraction of sp³-hybridized carbons (Fsp3) is 0.381. The van der Waals surface area contributed by atoms with Gasteiger partial charge in [0.1, 0.15) is 0 Å². The van der Waals surface area contributed by atoms with Gasteiger partial charge in [0.15, 0.2) is 11.5 Å². The Hall–Kier alpha value is -2.33. The Bertz CT molecular complexity index is 1140. The minimum atomic E-state index is -4.55. The van der Waals surface area contributed by atoms with Gasteiger partial charge in [0.05, 0.1) is 23.3 Å². The van der Waals surface area contributed by atoms with Crippen LogP contribution in [0.5, 0.6) is 0 Å². The number of halogens is 5. The predicted octanol–water partition coefficient (Wildman–Crippen LogP) is 5.78. The monoisotopic (exact) mass is 529 g/mol. The number of aryl methyl sites for hydroxylation is 2. The van der Waals surface area contributed by atoms with Crippen LogP contribution < -0.4 is 5.32 Å². The maximum absolute atomic E-state index is 13.2. The van der Waals surface area contributed by atoms with Crippen molar-refractivity contribution in [1.82, 2.24) is 19.6 Å². The minimum Gasteiger partial charge on any atom is -0.309 e. The number of carbonyl (C=O) groups excluding carboxylic acids is 1. The quantitative estimate of drug-likeness (QED) is 0.421. The van der Waals surface area contributed by atoms with Crippen molar-refractivity contribution in [2.75, 3.05) is 5.32 Å². The van der Waals surface area contributed by atoms with Gasteiger partial charge in [-0.05, 0) is 53.4 Å². The van der Waals surface area contributed by atoms with Gasteiger partial charge in [0.2, 0.25) is 5.91 Å². The Morgan fingerprint density at radius 2 is 1.91 bits per heavy atom. The number of anilines is 1. The zero-order valence-corrected chi connectivity index (χ0v) is 19.4. The van der Waals surface area contributed by atoms with E-state index in [1.54, 1.807) is 22.9 Å². The second-order valence-electron chi connectivity index (χ2n) is 7.80. The van der Waals surface area contributed by atoms with Crippen molar-refractivity contribution >= 4 is 39.3 Å². The second kappa shape index (κ2) is 8.90. The van der Waals surface area contributed by atoms with Crippen molar-refractivity contribution in [3.05, 3.63) is 62.5 Å². The highest BCUT2D eigenvalue weighted by atomic mass is 79.9. The summed E-state index contributed by atoms with van der Waals surface area (Å²) in [5.41, 5.74) is 1.43. The number of hydrogen-bond acceptors (Lipinski definition) is 3. The van der Waals surface area contributed by atoms with Crippen LogP contribution in [-0.4, -0.2) is 25.5 Å². The molecule has 0 radical (unpaired) electrons. The first kappa shape index (κ1) is 22.8. The highest BCUT2D eigenvalue weighted by molar-refractivity contribution is 9.10. The van der Waals surface area contributed by atoms with Gasteiger partial charge in [-0.25, -0.2) is 0 Å². The molecule has 0 spiro atoms. The molecule has 0 unspecified atom stereocenters. The molecule has 11 heteroatoms. The molecular formula is C21H20BrClF3N5O. The molecule has 0 aliphatic heterocycles. The summed E-state index contributed by atoms with van der Waals surface area (Å²) in [4.78, 5) is 12.4. The summed E-state index contributed by atoms with van der Waals surface area (Å²) in [6.07, 6.45) is -2.94. The summed E-state index contributed by atoms with van der Waals surface area (Å²) in [7, 11) is 0. The number of alkyl halides is 3. The molecule has 6 nitrogen and oxygen atoms in total. The fourth-order valence-corrected chi connectivity index (χ4v) is 4.42. The van der Waals surface area contributed by atoms with Crippen LogP contribution in [0.15, 0.2) is 34.8 Å². The topological polar surface area (TPSA) is 64.7 Å². The highest BCUT2D eigenvalue weighted by Crippen LogP contribution is 2.47. The molecule has 1 aliphatic carbocycles. The predicted molar refractivity (Wildman–Crippen MR) is 118 cm³/mol. The lowest BCUT2D eigenvalue weighted by atomic mass is 10.2. The van der Waals surface area contributed by atoms with Crippen LogP contribution in [0.2, 0.25) is 5.02 Å². The summed E-state index contributed by atoms with van der Waals surface area (Å²) in [5.74, 6) is 0.0897. The van der Waals surface area contributed by atoms with Crippen molar-refractivity contribution in [1.29, 1.82) is 0 Å². The van der Waals surface area contributed by atoms with E-state index in [0.29, 0.717) is 23.1 Å². The van der Waals surface area contributed by atoms with Crippen molar-refractivity contribution in [2.24, 2.45) is 0 Å². The third kappa shape index (κ3) is 5.17. The molecule has 2 aromatic heterocycles. The van der Waals surface area contributed by atoms with Crippen LogP contribution in [0.25, 0.3) is 0 Å². The van der Waals surface area contributed by atoms with E-state index in [9.17, 15) is 18.0 Å². The first-order valence-corrected chi connectivity index (χ1v) is 11.2. The van der Waals surface area contributed by atoms with E-state index < -0.39 is 11.9 Å². The van der Waals surface area contributed by atoms with E-state index in [1.807, 2.05) is 19.1 Å². The fourth-order valence-electron chi connectivity index (χ4n) is 3.46. The van der Waals surface area contributed by atoms with Crippen LogP contribution in [0.1, 0.15) is 47.8 Å². The van der Waals surface area contributed by atoms with Gasteiger partial charge in [0.25, 0.3) is 0 Å². The van der Waals surface area contributed by atoms with E-state index in [0.717, 1.165) is 24.1 Å². The lowest BCUT2D eigenvalue weighted by Crippen LogP contribution is -2.17. The van der Waals surface area contributed by atoms with Crippen LogP contribution in [0.4, 0.5) is 19.0 Å². The molecule has 170 valence electrons. The van der Waals surface area contributed by atoms with E-state index in [4.69, 9.17) is 11.6 Å². The summed E-state index contributed by atoms with van der Waals surface area (Å²) >= 11 is 8.97. The van der Waals surface area contributed by atoms with E-state index in [-0.39, 0.29) is 29.3 Å². The third-order valence-electron chi connectivity index (χ3n) is 5.21. The molecule has 1 fully saturated rings. The molecule has 0 bridgehead atoms. The number of aromatic nitrogens is 4.